The predicted molar refractivity (Wildman–Crippen MR) is 231 cm³/mol. The van der Waals surface area contributed by atoms with E-state index in [4.69, 9.17) is 9.47 Å². The summed E-state index contributed by atoms with van der Waals surface area (Å²) in [5.74, 6) is -3.24. The van der Waals surface area contributed by atoms with E-state index < -0.39 is 11.9 Å². The summed E-state index contributed by atoms with van der Waals surface area (Å²) < 4.78 is 10.2. The Morgan fingerprint density at radius 3 is 1.18 bits per heavy atom. The minimum atomic E-state index is -1.25. The van der Waals surface area contributed by atoms with Gasteiger partial charge in [0.1, 0.15) is 0 Å². The van der Waals surface area contributed by atoms with Crippen molar-refractivity contribution in [2.45, 2.75) is 167 Å². The van der Waals surface area contributed by atoms with Crippen molar-refractivity contribution < 1.29 is 48.5 Å². The summed E-state index contributed by atoms with van der Waals surface area (Å²) in [6.07, 6.45) is 13.9. The first-order chi connectivity index (χ1) is 28.8. The average molecular weight is 873 g/mol. The zero-order valence-corrected chi connectivity index (χ0v) is 39.2. The van der Waals surface area contributed by atoms with Crippen molar-refractivity contribution in [3.8, 4) is 0 Å². The van der Waals surface area contributed by atoms with E-state index in [1.54, 1.807) is 27.7 Å². The maximum absolute atomic E-state index is 12.2. The molecule has 2 aromatic rings. The van der Waals surface area contributed by atoms with E-state index in [1.165, 1.54) is 75.3 Å². The Morgan fingerprint density at radius 2 is 0.885 bits per heavy atom. The Balaban J connectivity index is 0.000000413. The van der Waals surface area contributed by atoms with Gasteiger partial charge in [0.25, 0.3) is 0 Å². The number of ether oxygens (including phenoxy) is 2. The van der Waals surface area contributed by atoms with E-state index in [-0.39, 0.29) is 111 Å². The fraction of sp³-hybridized carbons (Fsp3) is 0.625. The molecule has 0 heterocycles. The van der Waals surface area contributed by atoms with Crippen molar-refractivity contribution in [2.24, 2.45) is 11.8 Å². The van der Waals surface area contributed by atoms with Gasteiger partial charge in [-0.15, -0.1) is 0 Å². The third-order valence-corrected chi connectivity index (χ3v) is 11.6. The molecule has 0 unspecified atom stereocenters. The molecule has 2 fully saturated rings. The first-order valence-electron chi connectivity index (χ1n) is 22.3. The molecule has 332 valence electrons. The molecule has 12 nitrogen and oxygen atoms in total. The second kappa shape index (κ2) is 29.8. The molecule has 13 heteroatoms. The summed E-state index contributed by atoms with van der Waals surface area (Å²) in [6, 6.07) is 16.5. The van der Waals surface area contributed by atoms with Crippen LogP contribution < -0.4 is 20.8 Å². The molecule has 2 aliphatic carbocycles. The van der Waals surface area contributed by atoms with Crippen molar-refractivity contribution in [1.82, 2.24) is 10.6 Å². The molecule has 61 heavy (non-hydrogen) atoms. The molecule has 0 aromatic heterocycles. The molecule has 0 saturated heterocycles. The fourth-order valence-corrected chi connectivity index (χ4v) is 8.33. The van der Waals surface area contributed by atoms with Gasteiger partial charge in [0.15, 0.2) is 0 Å². The van der Waals surface area contributed by atoms with E-state index in [0.717, 1.165) is 11.1 Å². The van der Waals surface area contributed by atoms with Crippen LogP contribution >= 0.6 is 0 Å². The first-order valence-corrected chi connectivity index (χ1v) is 22.3. The minimum absolute atomic E-state index is 0. The van der Waals surface area contributed by atoms with E-state index in [0.29, 0.717) is 50.7 Å². The van der Waals surface area contributed by atoms with Gasteiger partial charge in [-0.25, -0.2) is 0 Å². The number of hydrogen-bond acceptors (Lipinski definition) is 10. The standard InChI is InChI=1S/2C24H35NO5.Ca/c2*1-3-30-24(29)17(2)15-21(25-22(26)13-14-23(27)28)16-18-9-11-20(12-10-18)19-7-5-4-6-8-19;/h2*9-12,17,19,21H,3-8,13-16H2,1-2H3,(H,25,26)(H,27,28);/q;;+2/p-2/t2*17-,21+;/m11./s1. The van der Waals surface area contributed by atoms with E-state index >= 15 is 0 Å². The van der Waals surface area contributed by atoms with Crippen LogP contribution in [0.2, 0.25) is 0 Å². The summed E-state index contributed by atoms with van der Waals surface area (Å²) in [7, 11) is 0. The van der Waals surface area contributed by atoms with E-state index in [1.807, 2.05) is 0 Å². The molecule has 0 aliphatic heterocycles. The Bertz CT molecular complexity index is 1520. The summed E-state index contributed by atoms with van der Waals surface area (Å²) >= 11 is 0. The third-order valence-electron chi connectivity index (χ3n) is 11.6. The van der Waals surface area contributed by atoms with Crippen molar-refractivity contribution in [1.29, 1.82) is 0 Å². The third kappa shape index (κ3) is 21.4. The largest absolute Gasteiger partial charge is 2.00 e. The van der Waals surface area contributed by atoms with Crippen LogP contribution in [-0.2, 0) is 51.1 Å². The number of esters is 2. The van der Waals surface area contributed by atoms with Gasteiger partial charge >= 0.3 is 49.7 Å². The Kier molecular flexibility index (Phi) is 26.2. The Hall–Kier alpha value is -3.48. The number of rotatable bonds is 22. The molecule has 0 radical (unpaired) electrons. The molecule has 2 aliphatic rings. The van der Waals surface area contributed by atoms with Crippen molar-refractivity contribution >= 4 is 73.4 Å². The molecule has 4 rings (SSSR count). The second-order valence-electron chi connectivity index (χ2n) is 16.6. The van der Waals surface area contributed by atoms with Crippen LogP contribution in [0.25, 0.3) is 0 Å². The smallest absolute Gasteiger partial charge is 0.550 e. The van der Waals surface area contributed by atoms with E-state index in [9.17, 15) is 39.0 Å². The molecule has 2 N–H and O–H groups in total. The van der Waals surface area contributed by atoms with Gasteiger partial charge in [0, 0.05) is 36.9 Å². The van der Waals surface area contributed by atoms with Gasteiger partial charge in [-0.3, -0.25) is 19.2 Å². The van der Waals surface area contributed by atoms with Crippen LogP contribution in [0.5, 0.6) is 0 Å². The van der Waals surface area contributed by atoms with Crippen LogP contribution in [-0.4, -0.2) is 98.7 Å². The molecule has 4 atom stereocenters. The van der Waals surface area contributed by atoms with Crippen LogP contribution in [0.15, 0.2) is 48.5 Å². The minimum Gasteiger partial charge on any atom is -0.550 e. The Labute approximate surface area is 393 Å². The number of aliphatic carboxylic acids is 2. The fourth-order valence-electron chi connectivity index (χ4n) is 8.33. The first kappa shape index (κ1) is 53.7. The number of nitrogens with one attached hydrogen (secondary N) is 2. The van der Waals surface area contributed by atoms with Crippen molar-refractivity contribution in [2.75, 3.05) is 13.2 Å². The van der Waals surface area contributed by atoms with Gasteiger partial charge in [-0.1, -0.05) is 101 Å². The molecule has 0 bridgehead atoms. The molecular formula is C48H68CaN2O10. The zero-order valence-electron chi connectivity index (χ0n) is 37.0. The zero-order chi connectivity index (χ0) is 43.9. The number of carboxylic acids is 2. The SMILES string of the molecule is CCOC(=O)[C@H](C)C[C@@H](Cc1ccc(C2CCCCC2)cc1)NC(=O)CCC(=O)[O-].CCOC(=O)[C@H](C)C[C@@H](Cc1ccc(C2CCCCC2)cc1)NC(=O)CCC(=O)[O-].[Ca+2]. The topological polar surface area (TPSA) is 191 Å². The number of hydrogen-bond donors (Lipinski definition) is 2. The maximum Gasteiger partial charge on any atom is 2.00 e. The van der Waals surface area contributed by atoms with Crippen LogP contribution in [0.3, 0.4) is 0 Å². The monoisotopic (exact) mass is 872 g/mol. The number of benzene rings is 2. The molecule has 0 spiro atoms. The predicted octanol–water partition coefficient (Wildman–Crippen LogP) is 5.38. The second-order valence-corrected chi connectivity index (χ2v) is 16.6. The summed E-state index contributed by atoms with van der Waals surface area (Å²) in [6.45, 7) is 7.72. The number of carbonyl (C=O) groups is 6. The quantitative estimate of drug-likeness (QED) is 0.115. The molecular weight excluding hydrogens is 805 g/mol. The van der Waals surface area contributed by atoms with Crippen LogP contribution in [0.4, 0.5) is 0 Å². The van der Waals surface area contributed by atoms with Gasteiger partial charge < -0.3 is 39.9 Å². The number of carbonyl (C=O) groups excluding carboxylic acids is 6. The van der Waals surface area contributed by atoms with Gasteiger partial charge in [-0.2, -0.15) is 0 Å². The maximum atomic E-state index is 12.2. The Morgan fingerprint density at radius 1 is 0.557 bits per heavy atom. The average Bonchev–Trinajstić information content (AvgIpc) is 3.23. The summed E-state index contributed by atoms with van der Waals surface area (Å²) in [4.78, 5) is 69.7. The normalized spacial score (nSPS) is 16.2. The summed E-state index contributed by atoms with van der Waals surface area (Å²) in [5, 5.41) is 27.0. The van der Waals surface area contributed by atoms with Crippen molar-refractivity contribution in [3.05, 3.63) is 70.8 Å². The van der Waals surface area contributed by atoms with Gasteiger partial charge in [0.05, 0.1) is 25.0 Å². The van der Waals surface area contributed by atoms with Gasteiger partial charge in [0.2, 0.25) is 11.8 Å². The summed E-state index contributed by atoms with van der Waals surface area (Å²) in [5.41, 5.74) is 4.90. The van der Waals surface area contributed by atoms with Gasteiger partial charge in [-0.05, 0) is 112 Å². The molecule has 2 aromatic carbocycles. The van der Waals surface area contributed by atoms with E-state index in [2.05, 4.69) is 59.2 Å². The number of carboxylic acid groups (broad SMARTS) is 2. The molecule has 2 saturated carbocycles. The van der Waals surface area contributed by atoms with Crippen LogP contribution in [0, 0.1) is 11.8 Å². The van der Waals surface area contributed by atoms with Crippen molar-refractivity contribution in [3.63, 3.8) is 0 Å². The number of amides is 2. The molecule has 2 amide bonds. The van der Waals surface area contributed by atoms with Crippen LogP contribution in [0.1, 0.15) is 165 Å².